The third-order valence-electron chi connectivity index (χ3n) is 4.34. The summed E-state index contributed by atoms with van der Waals surface area (Å²) in [5.41, 5.74) is 9.32. The summed E-state index contributed by atoms with van der Waals surface area (Å²) in [4.78, 5) is 2.43. The molecule has 1 fully saturated rings. The zero-order valence-corrected chi connectivity index (χ0v) is 11.9. The van der Waals surface area contributed by atoms with Gasteiger partial charge in [-0.05, 0) is 37.0 Å². The molecule has 3 N–H and O–H groups in total. The summed E-state index contributed by atoms with van der Waals surface area (Å²) in [5.74, 6) is 0. The van der Waals surface area contributed by atoms with Gasteiger partial charge in [0.05, 0.1) is 6.61 Å². The summed E-state index contributed by atoms with van der Waals surface area (Å²) in [5, 5.41) is 9.30. The van der Waals surface area contributed by atoms with Crippen molar-refractivity contribution >= 4 is 5.69 Å². The predicted molar refractivity (Wildman–Crippen MR) is 80.0 cm³/mol. The molecule has 0 spiro atoms. The van der Waals surface area contributed by atoms with Gasteiger partial charge in [-0.25, -0.2) is 0 Å². The lowest BCUT2D eigenvalue weighted by atomic mass is 9.93. The van der Waals surface area contributed by atoms with Crippen LogP contribution in [-0.4, -0.2) is 29.2 Å². The molecule has 0 aliphatic heterocycles. The molecule has 3 nitrogen and oxygen atoms in total. The third-order valence-corrected chi connectivity index (χ3v) is 4.34. The first-order valence-corrected chi connectivity index (χ1v) is 7.41. The van der Waals surface area contributed by atoms with Crippen LogP contribution in [0.15, 0.2) is 18.2 Å². The smallest absolute Gasteiger partial charge is 0.0558 e. The average molecular weight is 262 g/mol. The lowest BCUT2D eigenvalue weighted by Crippen LogP contribution is -2.38. The summed E-state index contributed by atoms with van der Waals surface area (Å²) in [7, 11) is 0. The maximum Gasteiger partial charge on any atom is 0.0558 e. The van der Waals surface area contributed by atoms with Crippen molar-refractivity contribution in [3.63, 3.8) is 0 Å². The third kappa shape index (κ3) is 3.71. The van der Waals surface area contributed by atoms with E-state index >= 15 is 0 Å². The minimum atomic E-state index is 0.234. The summed E-state index contributed by atoms with van der Waals surface area (Å²) >= 11 is 0. The van der Waals surface area contributed by atoms with E-state index in [-0.39, 0.29) is 6.61 Å². The van der Waals surface area contributed by atoms with E-state index in [1.54, 1.807) is 0 Å². The molecule has 106 valence electrons. The van der Waals surface area contributed by atoms with E-state index in [1.165, 1.54) is 43.2 Å². The summed E-state index contributed by atoms with van der Waals surface area (Å²) in [6.07, 6.45) is 6.54. The highest BCUT2D eigenvalue weighted by atomic mass is 16.3. The molecule has 1 aliphatic rings. The van der Waals surface area contributed by atoms with Crippen molar-refractivity contribution in [2.45, 2.75) is 51.6 Å². The minimum Gasteiger partial charge on any atom is -0.399 e. The van der Waals surface area contributed by atoms with Gasteiger partial charge in [-0.3, -0.25) is 4.90 Å². The number of nitrogen functional groups attached to an aromatic ring is 1. The number of hydrogen-bond donors (Lipinski definition) is 2. The van der Waals surface area contributed by atoms with Crippen LogP contribution in [0.2, 0.25) is 0 Å². The molecule has 19 heavy (non-hydrogen) atoms. The highest BCUT2D eigenvalue weighted by molar-refractivity contribution is 5.49. The molecule has 0 unspecified atom stereocenters. The highest BCUT2D eigenvalue weighted by Crippen LogP contribution is 2.25. The molecule has 1 aromatic carbocycles. The second kappa shape index (κ2) is 6.92. The van der Waals surface area contributed by atoms with Crippen LogP contribution >= 0.6 is 0 Å². The van der Waals surface area contributed by atoms with E-state index in [2.05, 4.69) is 17.9 Å². The fraction of sp³-hybridized carbons (Fsp3) is 0.625. The fourth-order valence-corrected chi connectivity index (χ4v) is 3.06. The molecule has 0 amide bonds. The van der Waals surface area contributed by atoms with Crippen molar-refractivity contribution in [1.82, 2.24) is 4.90 Å². The number of aliphatic hydroxyl groups is 1. The molecule has 0 radical (unpaired) electrons. The number of nitrogens with zero attached hydrogens (tertiary/aromatic N) is 1. The van der Waals surface area contributed by atoms with Gasteiger partial charge in [-0.15, -0.1) is 0 Å². The lowest BCUT2D eigenvalue weighted by molar-refractivity contribution is 0.117. The van der Waals surface area contributed by atoms with Crippen LogP contribution in [0.5, 0.6) is 0 Å². The SMILES string of the molecule is Cc1c(N)cccc1CN(CCO)C1CCCCC1. The number of anilines is 1. The number of nitrogens with two attached hydrogens (primary N) is 1. The van der Waals surface area contributed by atoms with E-state index in [0.29, 0.717) is 6.04 Å². The number of benzene rings is 1. The second-order valence-electron chi connectivity index (χ2n) is 5.62. The Morgan fingerprint density at radius 1 is 1.26 bits per heavy atom. The number of aliphatic hydroxyl groups excluding tert-OH is 1. The predicted octanol–water partition coefficient (Wildman–Crippen LogP) is 2.70. The summed E-state index contributed by atoms with van der Waals surface area (Å²) in [6, 6.07) is 6.76. The summed E-state index contributed by atoms with van der Waals surface area (Å²) < 4.78 is 0. The molecule has 0 saturated heterocycles. The molecule has 0 heterocycles. The van der Waals surface area contributed by atoms with Crippen molar-refractivity contribution in [3.05, 3.63) is 29.3 Å². The molecule has 1 aromatic rings. The molecule has 0 atom stereocenters. The van der Waals surface area contributed by atoms with E-state index < -0.39 is 0 Å². The van der Waals surface area contributed by atoms with E-state index in [9.17, 15) is 5.11 Å². The van der Waals surface area contributed by atoms with Crippen LogP contribution in [0.1, 0.15) is 43.2 Å². The van der Waals surface area contributed by atoms with Crippen molar-refractivity contribution in [2.75, 3.05) is 18.9 Å². The van der Waals surface area contributed by atoms with Crippen LogP contribution in [0.4, 0.5) is 5.69 Å². The first kappa shape index (κ1) is 14.4. The Kier molecular flexibility index (Phi) is 5.23. The Labute approximate surface area is 116 Å². The van der Waals surface area contributed by atoms with Gasteiger partial charge in [0.25, 0.3) is 0 Å². The Bertz CT molecular complexity index is 400. The zero-order valence-electron chi connectivity index (χ0n) is 11.9. The fourth-order valence-electron chi connectivity index (χ4n) is 3.06. The van der Waals surface area contributed by atoms with Gasteiger partial charge in [0.2, 0.25) is 0 Å². The largest absolute Gasteiger partial charge is 0.399 e. The topological polar surface area (TPSA) is 49.5 Å². The van der Waals surface area contributed by atoms with Gasteiger partial charge in [0, 0.05) is 24.8 Å². The van der Waals surface area contributed by atoms with Gasteiger partial charge in [-0.1, -0.05) is 31.4 Å². The highest BCUT2D eigenvalue weighted by Gasteiger charge is 2.21. The van der Waals surface area contributed by atoms with Gasteiger partial charge in [-0.2, -0.15) is 0 Å². The van der Waals surface area contributed by atoms with E-state index in [4.69, 9.17) is 5.73 Å². The number of hydrogen-bond acceptors (Lipinski definition) is 3. The second-order valence-corrected chi connectivity index (χ2v) is 5.62. The molecular formula is C16H26N2O. The Balaban J connectivity index is 2.08. The van der Waals surface area contributed by atoms with Crippen LogP contribution in [0.25, 0.3) is 0 Å². The molecule has 2 rings (SSSR count). The van der Waals surface area contributed by atoms with E-state index in [1.807, 2.05) is 12.1 Å². The van der Waals surface area contributed by atoms with Crippen LogP contribution in [-0.2, 0) is 6.54 Å². The first-order chi connectivity index (χ1) is 9.22. The van der Waals surface area contributed by atoms with Crippen LogP contribution < -0.4 is 5.73 Å². The van der Waals surface area contributed by atoms with Crippen molar-refractivity contribution in [2.24, 2.45) is 0 Å². The Morgan fingerprint density at radius 3 is 2.68 bits per heavy atom. The monoisotopic (exact) mass is 262 g/mol. The summed E-state index contributed by atoms with van der Waals surface area (Å²) in [6.45, 7) is 3.99. The molecule has 1 aliphatic carbocycles. The lowest BCUT2D eigenvalue weighted by Gasteiger charge is -2.34. The van der Waals surface area contributed by atoms with Gasteiger partial charge in [0.15, 0.2) is 0 Å². The van der Waals surface area contributed by atoms with Crippen molar-refractivity contribution in [1.29, 1.82) is 0 Å². The molecule has 0 bridgehead atoms. The van der Waals surface area contributed by atoms with Gasteiger partial charge >= 0.3 is 0 Å². The van der Waals surface area contributed by atoms with Crippen molar-refractivity contribution < 1.29 is 5.11 Å². The average Bonchev–Trinajstić information content (AvgIpc) is 2.44. The van der Waals surface area contributed by atoms with Crippen LogP contribution in [0.3, 0.4) is 0 Å². The maximum atomic E-state index is 9.30. The molecule has 3 heteroatoms. The molecule has 1 saturated carbocycles. The standard InChI is InChI=1S/C16H26N2O/c1-13-14(6-5-9-16(13)17)12-18(10-11-19)15-7-3-2-4-8-15/h5-6,9,15,19H,2-4,7-8,10-12,17H2,1H3. The normalized spacial score (nSPS) is 17.0. The quantitative estimate of drug-likeness (QED) is 0.802. The minimum absolute atomic E-state index is 0.234. The van der Waals surface area contributed by atoms with E-state index in [0.717, 1.165) is 18.8 Å². The molecule has 0 aromatic heterocycles. The first-order valence-electron chi connectivity index (χ1n) is 7.41. The molecular weight excluding hydrogens is 236 g/mol. The van der Waals surface area contributed by atoms with Crippen molar-refractivity contribution in [3.8, 4) is 0 Å². The van der Waals surface area contributed by atoms with Gasteiger partial charge < -0.3 is 10.8 Å². The maximum absolute atomic E-state index is 9.30. The number of rotatable bonds is 5. The Hall–Kier alpha value is -1.06. The van der Waals surface area contributed by atoms with Crippen LogP contribution in [0, 0.1) is 6.92 Å². The van der Waals surface area contributed by atoms with Gasteiger partial charge in [0.1, 0.15) is 0 Å². The Morgan fingerprint density at radius 2 is 2.00 bits per heavy atom. The zero-order chi connectivity index (χ0) is 13.7.